The Morgan fingerprint density at radius 2 is 1.77 bits per heavy atom. The monoisotopic (exact) mass is 538 g/mol. The molecule has 0 bridgehead atoms. The number of para-hydroxylation sites is 1. The number of hydrogen-bond donors (Lipinski definition) is 2. The van der Waals surface area contributed by atoms with Crippen LogP contribution in [0.1, 0.15) is 30.9 Å². The topological polar surface area (TPSA) is 58.1 Å². The Hall–Kier alpha value is -2.00. The van der Waals surface area contributed by atoms with Gasteiger partial charge in [0.25, 0.3) is 0 Å². The molecule has 6 nitrogen and oxygen atoms in total. The summed E-state index contributed by atoms with van der Waals surface area (Å²) in [4.78, 5) is 7.32. The van der Waals surface area contributed by atoms with Crippen LogP contribution in [-0.4, -0.2) is 50.8 Å². The molecule has 0 unspecified atom stereocenters. The summed E-state index contributed by atoms with van der Waals surface area (Å²) >= 11 is 0. The van der Waals surface area contributed by atoms with E-state index in [0.717, 1.165) is 62.0 Å². The lowest BCUT2D eigenvalue weighted by Gasteiger charge is -2.33. The van der Waals surface area contributed by atoms with Crippen LogP contribution in [0.2, 0.25) is 0 Å². The van der Waals surface area contributed by atoms with Crippen molar-refractivity contribution in [3.63, 3.8) is 0 Å². The summed E-state index contributed by atoms with van der Waals surface area (Å²) in [5, 5.41) is 6.99. The van der Waals surface area contributed by atoms with E-state index in [1.54, 1.807) is 14.2 Å². The van der Waals surface area contributed by atoms with Gasteiger partial charge < -0.3 is 20.1 Å². The summed E-state index contributed by atoms with van der Waals surface area (Å²) in [6.45, 7) is 6.66. The molecule has 0 saturated carbocycles. The van der Waals surface area contributed by atoms with Crippen LogP contribution in [0.25, 0.3) is 0 Å². The van der Waals surface area contributed by atoms with E-state index in [2.05, 4.69) is 52.8 Å². The quantitative estimate of drug-likeness (QED) is 0.302. The Kier molecular flexibility index (Phi) is 10.9. The van der Waals surface area contributed by atoms with E-state index < -0.39 is 0 Å². The van der Waals surface area contributed by atoms with Gasteiger partial charge in [-0.3, -0.25) is 4.90 Å². The van der Waals surface area contributed by atoms with Gasteiger partial charge in [-0.25, -0.2) is 4.99 Å². The molecule has 0 atom stereocenters. The first-order valence-electron chi connectivity index (χ1n) is 10.7. The number of likely N-dealkylation sites (tertiary alicyclic amines) is 1. The standard InChI is InChI=1S/C24H34N4O2.HI/c1-4-25-24(26-17-20-11-8-12-22(29-2)23(20)30-3)27-21-13-15-28(16-14-21)18-19-9-6-5-7-10-19;/h5-12,21H,4,13-18H2,1-3H3,(H2,25,26,27);1H. The van der Waals surface area contributed by atoms with Crippen molar-refractivity contribution in [1.82, 2.24) is 15.5 Å². The van der Waals surface area contributed by atoms with Crippen molar-refractivity contribution in [2.75, 3.05) is 33.9 Å². The Morgan fingerprint density at radius 1 is 1.03 bits per heavy atom. The molecular weight excluding hydrogens is 503 g/mol. The van der Waals surface area contributed by atoms with Crippen molar-refractivity contribution in [2.45, 2.75) is 38.9 Å². The van der Waals surface area contributed by atoms with E-state index in [0.29, 0.717) is 12.6 Å². The molecule has 0 radical (unpaired) electrons. The van der Waals surface area contributed by atoms with Gasteiger partial charge in [-0.1, -0.05) is 42.5 Å². The molecule has 2 N–H and O–H groups in total. The third kappa shape index (κ3) is 7.57. The maximum Gasteiger partial charge on any atom is 0.191 e. The van der Waals surface area contributed by atoms with Crippen LogP contribution in [0.4, 0.5) is 0 Å². The van der Waals surface area contributed by atoms with Gasteiger partial charge in [0.15, 0.2) is 17.5 Å². The lowest BCUT2D eigenvalue weighted by molar-refractivity contribution is 0.198. The predicted octanol–water partition coefficient (Wildman–Crippen LogP) is 4.04. The Morgan fingerprint density at radius 3 is 2.42 bits per heavy atom. The van der Waals surface area contributed by atoms with Crippen LogP contribution in [-0.2, 0) is 13.1 Å². The van der Waals surface area contributed by atoms with E-state index in [1.807, 2.05) is 18.2 Å². The van der Waals surface area contributed by atoms with Gasteiger partial charge in [0.1, 0.15) is 0 Å². The van der Waals surface area contributed by atoms with Crippen molar-refractivity contribution in [2.24, 2.45) is 4.99 Å². The van der Waals surface area contributed by atoms with E-state index in [9.17, 15) is 0 Å². The maximum atomic E-state index is 5.53. The zero-order chi connectivity index (χ0) is 21.2. The highest BCUT2D eigenvalue weighted by atomic mass is 127. The van der Waals surface area contributed by atoms with Crippen molar-refractivity contribution in [3.8, 4) is 11.5 Å². The highest BCUT2D eigenvalue weighted by Crippen LogP contribution is 2.31. The number of piperidine rings is 1. The number of halogens is 1. The zero-order valence-electron chi connectivity index (χ0n) is 18.8. The van der Waals surface area contributed by atoms with Gasteiger partial charge >= 0.3 is 0 Å². The van der Waals surface area contributed by atoms with E-state index in [1.165, 1.54) is 5.56 Å². The predicted molar refractivity (Wildman–Crippen MR) is 138 cm³/mol. The third-order valence-electron chi connectivity index (χ3n) is 5.41. The highest BCUT2D eigenvalue weighted by Gasteiger charge is 2.20. The summed E-state index contributed by atoms with van der Waals surface area (Å²) in [6, 6.07) is 17.0. The van der Waals surface area contributed by atoms with Crippen LogP contribution in [0.5, 0.6) is 11.5 Å². The number of benzene rings is 2. The van der Waals surface area contributed by atoms with E-state index in [4.69, 9.17) is 14.5 Å². The molecule has 2 aromatic rings. The fourth-order valence-corrected chi connectivity index (χ4v) is 3.83. The minimum atomic E-state index is 0. The maximum absolute atomic E-state index is 5.53. The molecule has 0 spiro atoms. The first-order chi connectivity index (χ1) is 14.7. The van der Waals surface area contributed by atoms with Crippen molar-refractivity contribution in [3.05, 3.63) is 59.7 Å². The van der Waals surface area contributed by atoms with Gasteiger partial charge in [-0.05, 0) is 31.4 Å². The number of methoxy groups -OCH3 is 2. The van der Waals surface area contributed by atoms with Crippen molar-refractivity contribution >= 4 is 29.9 Å². The molecule has 3 rings (SSSR count). The number of nitrogens with zero attached hydrogens (tertiary/aromatic N) is 2. The average molecular weight is 538 g/mol. The number of rotatable bonds is 8. The number of hydrogen-bond acceptors (Lipinski definition) is 4. The number of nitrogens with one attached hydrogen (secondary N) is 2. The molecule has 170 valence electrons. The molecular formula is C24H35IN4O2. The minimum absolute atomic E-state index is 0. The molecule has 1 saturated heterocycles. The summed E-state index contributed by atoms with van der Waals surface area (Å²) in [5.74, 6) is 2.33. The van der Waals surface area contributed by atoms with Gasteiger partial charge in [-0.2, -0.15) is 0 Å². The smallest absolute Gasteiger partial charge is 0.191 e. The summed E-state index contributed by atoms with van der Waals surface area (Å²) in [7, 11) is 3.32. The molecule has 7 heteroatoms. The summed E-state index contributed by atoms with van der Waals surface area (Å²) in [5.41, 5.74) is 2.39. The number of aliphatic imine (C=N–C) groups is 1. The largest absolute Gasteiger partial charge is 0.493 e. The molecule has 0 aromatic heterocycles. The van der Waals surface area contributed by atoms with E-state index in [-0.39, 0.29) is 24.0 Å². The molecule has 1 heterocycles. The molecule has 0 amide bonds. The third-order valence-corrected chi connectivity index (χ3v) is 5.41. The first kappa shape index (κ1) is 25.3. The van der Waals surface area contributed by atoms with Gasteiger partial charge in [0.05, 0.1) is 20.8 Å². The van der Waals surface area contributed by atoms with Crippen LogP contribution in [0.3, 0.4) is 0 Å². The number of ether oxygens (including phenoxy) is 2. The van der Waals surface area contributed by atoms with Gasteiger partial charge in [0, 0.05) is 37.8 Å². The summed E-state index contributed by atoms with van der Waals surface area (Å²) in [6.07, 6.45) is 2.22. The average Bonchev–Trinajstić information content (AvgIpc) is 2.79. The number of guanidine groups is 1. The van der Waals surface area contributed by atoms with Crippen molar-refractivity contribution < 1.29 is 9.47 Å². The Bertz CT molecular complexity index is 808. The first-order valence-corrected chi connectivity index (χ1v) is 10.7. The molecule has 0 aliphatic carbocycles. The molecule has 1 aliphatic rings. The highest BCUT2D eigenvalue weighted by molar-refractivity contribution is 14.0. The Labute approximate surface area is 203 Å². The van der Waals surface area contributed by atoms with Gasteiger partial charge in [0.2, 0.25) is 0 Å². The lowest BCUT2D eigenvalue weighted by atomic mass is 10.0. The molecule has 1 aliphatic heterocycles. The Balaban J connectivity index is 0.00000341. The SMILES string of the molecule is CCNC(=NCc1cccc(OC)c1OC)NC1CCN(Cc2ccccc2)CC1.I. The van der Waals surface area contributed by atoms with Crippen LogP contribution >= 0.6 is 24.0 Å². The fourth-order valence-electron chi connectivity index (χ4n) is 3.83. The van der Waals surface area contributed by atoms with Gasteiger partial charge in [-0.15, -0.1) is 24.0 Å². The summed E-state index contributed by atoms with van der Waals surface area (Å²) < 4.78 is 10.9. The van der Waals surface area contributed by atoms with Crippen LogP contribution in [0, 0.1) is 0 Å². The fraction of sp³-hybridized carbons (Fsp3) is 0.458. The second-order valence-electron chi connectivity index (χ2n) is 7.53. The second-order valence-corrected chi connectivity index (χ2v) is 7.53. The molecule has 1 fully saturated rings. The normalized spacial score (nSPS) is 15.1. The van der Waals surface area contributed by atoms with E-state index >= 15 is 0 Å². The molecule has 31 heavy (non-hydrogen) atoms. The second kappa shape index (κ2) is 13.4. The van der Waals surface area contributed by atoms with Crippen LogP contribution < -0.4 is 20.1 Å². The van der Waals surface area contributed by atoms with Crippen LogP contribution in [0.15, 0.2) is 53.5 Å². The zero-order valence-corrected chi connectivity index (χ0v) is 21.1. The lowest BCUT2D eigenvalue weighted by Crippen LogP contribution is -2.48. The molecule has 2 aromatic carbocycles. The minimum Gasteiger partial charge on any atom is -0.493 e. The van der Waals surface area contributed by atoms with Crippen molar-refractivity contribution in [1.29, 1.82) is 0 Å².